The fourth-order valence-corrected chi connectivity index (χ4v) is 2.71. The predicted molar refractivity (Wildman–Crippen MR) is 78.0 cm³/mol. The first kappa shape index (κ1) is 14.1. The Morgan fingerprint density at radius 3 is 2.84 bits per heavy atom. The highest BCUT2D eigenvalue weighted by molar-refractivity contribution is 5.79. The number of nitrogens with two attached hydrogens (primary N) is 1. The van der Waals surface area contributed by atoms with Crippen LogP contribution in [0.1, 0.15) is 30.0 Å². The lowest BCUT2D eigenvalue weighted by Gasteiger charge is -2.19. The molecule has 3 heteroatoms. The maximum atomic E-state index is 12.3. The van der Waals surface area contributed by atoms with Gasteiger partial charge in [0.25, 0.3) is 0 Å². The zero-order valence-corrected chi connectivity index (χ0v) is 12.1. The summed E-state index contributed by atoms with van der Waals surface area (Å²) in [4.78, 5) is 14.3. The van der Waals surface area contributed by atoms with Crippen LogP contribution in [0.25, 0.3) is 0 Å². The average Bonchev–Trinajstić information content (AvgIpc) is 2.83. The van der Waals surface area contributed by atoms with Gasteiger partial charge in [-0.15, -0.1) is 0 Å². The Hall–Kier alpha value is -1.35. The van der Waals surface area contributed by atoms with Crippen molar-refractivity contribution >= 4 is 5.91 Å². The second-order valence-electron chi connectivity index (χ2n) is 5.85. The minimum atomic E-state index is 0.179. The first-order valence-corrected chi connectivity index (χ1v) is 7.07. The third-order valence-electron chi connectivity index (χ3n) is 4.17. The van der Waals surface area contributed by atoms with Gasteiger partial charge in [-0.1, -0.05) is 23.8 Å². The number of carbonyl (C=O) groups is 1. The van der Waals surface area contributed by atoms with Crippen LogP contribution in [0.4, 0.5) is 0 Å². The van der Waals surface area contributed by atoms with Gasteiger partial charge in [0, 0.05) is 19.1 Å². The Morgan fingerprint density at radius 1 is 1.47 bits per heavy atom. The van der Waals surface area contributed by atoms with E-state index >= 15 is 0 Å². The molecule has 2 unspecified atom stereocenters. The van der Waals surface area contributed by atoms with Gasteiger partial charge in [0.05, 0.1) is 6.42 Å². The van der Waals surface area contributed by atoms with Crippen LogP contribution in [0.2, 0.25) is 0 Å². The lowest BCUT2D eigenvalue weighted by atomic mass is 10.0. The number of likely N-dealkylation sites (tertiary alicyclic amines) is 1. The number of nitrogens with zero attached hydrogens (tertiary/aromatic N) is 1. The maximum Gasteiger partial charge on any atom is 0.227 e. The normalized spacial score (nSPS) is 20.6. The van der Waals surface area contributed by atoms with E-state index in [0.29, 0.717) is 12.3 Å². The Morgan fingerprint density at radius 2 is 2.21 bits per heavy atom. The van der Waals surface area contributed by atoms with Crippen molar-refractivity contribution in [2.45, 2.75) is 39.7 Å². The summed E-state index contributed by atoms with van der Waals surface area (Å²) in [6.07, 6.45) is 1.55. The molecule has 0 aliphatic carbocycles. The average molecular weight is 260 g/mol. The number of hydrogen-bond donors (Lipinski definition) is 1. The lowest BCUT2D eigenvalue weighted by molar-refractivity contribution is -0.129. The smallest absolute Gasteiger partial charge is 0.227 e. The Balaban J connectivity index is 2.00. The van der Waals surface area contributed by atoms with Crippen molar-refractivity contribution in [1.29, 1.82) is 0 Å². The number of benzene rings is 1. The fourth-order valence-electron chi connectivity index (χ4n) is 2.71. The maximum absolute atomic E-state index is 12.3. The van der Waals surface area contributed by atoms with Crippen LogP contribution >= 0.6 is 0 Å². The molecule has 2 atom stereocenters. The first-order chi connectivity index (χ1) is 8.97. The molecule has 2 N–H and O–H groups in total. The summed E-state index contributed by atoms with van der Waals surface area (Å²) >= 11 is 0. The summed E-state index contributed by atoms with van der Waals surface area (Å²) < 4.78 is 0. The van der Waals surface area contributed by atoms with Crippen LogP contribution in [0.3, 0.4) is 0 Å². The third-order valence-corrected chi connectivity index (χ3v) is 4.17. The molecular weight excluding hydrogens is 236 g/mol. The molecule has 1 aliphatic rings. The van der Waals surface area contributed by atoms with Crippen molar-refractivity contribution in [3.05, 3.63) is 34.9 Å². The molecule has 104 valence electrons. The molecule has 0 saturated carbocycles. The summed E-state index contributed by atoms with van der Waals surface area (Å²) in [7, 11) is 0. The number of rotatable bonds is 3. The SMILES string of the molecule is Cc1ccc(C)c(CC(=O)N2CCC(C(C)N)C2)c1. The molecule has 1 aromatic rings. The van der Waals surface area contributed by atoms with E-state index in [9.17, 15) is 4.79 Å². The topological polar surface area (TPSA) is 46.3 Å². The van der Waals surface area contributed by atoms with E-state index < -0.39 is 0 Å². The van der Waals surface area contributed by atoms with Crippen LogP contribution in [0, 0.1) is 19.8 Å². The largest absolute Gasteiger partial charge is 0.342 e. The number of aryl methyl sites for hydroxylation is 2. The predicted octanol–water partition coefficient (Wildman–Crippen LogP) is 2.04. The minimum absolute atomic E-state index is 0.179. The molecule has 3 nitrogen and oxygen atoms in total. The highest BCUT2D eigenvalue weighted by Crippen LogP contribution is 2.20. The van der Waals surface area contributed by atoms with Gasteiger partial charge in [0.2, 0.25) is 5.91 Å². The van der Waals surface area contributed by atoms with Crippen molar-refractivity contribution in [2.24, 2.45) is 11.7 Å². The number of carbonyl (C=O) groups excluding carboxylic acids is 1. The van der Waals surface area contributed by atoms with Gasteiger partial charge in [0.1, 0.15) is 0 Å². The van der Waals surface area contributed by atoms with Gasteiger partial charge in [-0.3, -0.25) is 4.79 Å². The molecule has 1 fully saturated rings. The van der Waals surface area contributed by atoms with Crippen molar-refractivity contribution in [2.75, 3.05) is 13.1 Å². The molecule has 0 spiro atoms. The van der Waals surface area contributed by atoms with Crippen molar-refractivity contribution < 1.29 is 4.79 Å². The summed E-state index contributed by atoms with van der Waals surface area (Å²) in [5.74, 6) is 0.694. The van der Waals surface area contributed by atoms with E-state index in [0.717, 1.165) is 25.1 Å². The quantitative estimate of drug-likeness (QED) is 0.904. The van der Waals surface area contributed by atoms with Crippen molar-refractivity contribution in [1.82, 2.24) is 4.90 Å². The Kier molecular flexibility index (Phi) is 4.25. The molecule has 19 heavy (non-hydrogen) atoms. The summed E-state index contributed by atoms with van der Waals surface area (Å²) in [5.41, 5.74) is 9.47. The van der Waals surface area contributed by atoms with Gasteiger partial charge < -0.3 is 10.6 Å². The first-order valence-electron chi connectivity index (χ1n) is 7.07. The van der Waals surface area contributed by atoms with E-state index in [4.69, 9.17) is 5.73 Å². The van der Waals surface area contributed by atoms with Gasteiger partial charge in [-0.2, -0.15) is 0 Å². The summed E-state index contributed by atoms with van der Waals surface area (Å²) in [6.45, 7) is 7.84. The fraction of sp³-hybridized carbons (Fsp3) is 0.562. The molecule has 1 saturated heterocycles. The highest BCUT2D eigenvalue weighted by Gasteiger charge is 2.28. The van der Waals surface area contributed by atoms with Crippen LogP contribution in [0.5, 0.6) is 0 Å². The Bertz CT molecular complexity index is 468. The van der Waals surface area contributed by atoms with Crippen LogP contribution in [0.15, 0.2) is 18.2 Å². The van der Waals surface area contributed by atoms with Crippen LogP contribution in [-0.2, 0) is 11.2 Å². The zero-order valence-electron chi connectivity index (χ0n) is 12.1. The number of hydrogen-bond acceptors (Lipinski definition) is 2. The molecule has 1 amide bonds. The van der Waals surface area contributed by atoms with Crippen LogP contribution in [-0.4, -0.2) is 29.9 Å². The van der Waals surface area contributed by atoms with Gasteiger partial charge in [-0.25, -0.2) is 0 Å². The molecule has 0 radical (unpaired) electrons. The Labute approximate surface area is 115 Å². The van der Waals surface area contributed by atoms with Crippen LogP contribution < -0.4 is 5.73 Å². The molecule has 0 bridgehead atoms. The molecule has 0 aromatic heterocycles. The van der Waals surface area contributed by atoms with E-state index in [1.165, 1.54) is 11.1 Å². The van der Waals surface area contributed by atoms with E-state index in [1.54, 1.807) is 0 Å². The summed E-state index contributed by atoms with van der Waals surface area (Å²) in [5, 5.41) is 0. The monoisotopic (exact) mass is 260 g/mol. The zero-order chi connectivity index (χ0) is 14.0. The number of amides is 1. The second-order valence-corrected chi connectivity index (χ2v) is 5.85. The third kappa shape index (κ3) is 3.35. The lowest BCUT2D eigenvalue weighted by Crippen LogP contribution is -2.33. The highest BCUT2D eigenvalue weighted by atomic mass is 16.2. The van der Waals surface area contributed by atoms with Crippen molar-refractivity contribution in [3.8, 4) is 0 Å². The standard InChI is InChI=1S/C16H24N2O/c1-11-4-5-12(2)15(8-11)9-16(19)18-7-6-14(10-18)13(3)17/h4-5,8,13-14H,6-7,9-10,17H2,1-3H3. The van der Waals surface area contributed by atoms with E-state index in [1.807, 2.05) is 11.8 Å². The minimum Gasteiger partial charge on any atom is -0.342 e. The molecule has 2 rings (SSSR count). The van der Waals surface area contributed by atoms with E-state index in [2.05, 4.69) is 32.0 Å². The van der Waals surface area contributed by atoms with Crippen molar-refractivity contribution in [3.63, 3.8) is 0 Å². The van der Waals surface area contributed by atoms with Gasteiger partial charge in [-0.05, 0) is 44.2 Å². The molecule has 1 aromatic carbocycles. The molecule has 1 aliphatic heterocycles. The summed E-state index contributed by atoms with van der Waals surface area (Å²) in [6, 6.07) is 6.48. The molecular formula is C16H24N2O. The van der Waals surface area contributed by atoms with E-state index in [-0.39, 0.29) is 11.9 Å². The van der Waals surface area contributed by atoms with Gasteiger partial charge >= 0.3 is 0 Å². The van der Waals surface area contributed by atoms with Gasteiger partial charge in [0.15, 0.2) is 0 Å². The molecule has 1 heterocycles. The second kappa shape index (κ2) is 5.74.